The quantitative estimate of drug-likeness (QED) is 0.317. The van der Waals surface area contributed by atoms with Gasteiger partial charge in [0, 0.05) is 20.8 Å². The van der Waals surface area contributed by atoms with Crippen molar-refractivity contribution in [1.29, 1.82) is 0 Å². The Hall–Kier alpha value is -3.38. The number of rotatable bonds is 7. The second-order valence-electron chi connectivity index (χ2n) is 6.82. The first-order valence-electron chi connectivity index (χ1n) is 9.48. The monoisotopic (exact) mass is 455 g/mol. The van der Waals surface area contributed by atoms with Gasteiger partial charge in [0.15, 0.2) is 18.3 Å². The van der Waals surface area contributed by atoms with Gasteiger partial charge in [-0.15, -0.1) is 0 Å². The van der Waals surface area contributed by atoms with Gasteiger partial charge in [0.1, 0.15) is 5.75 Å². The number of esters is 4. The van der Waals surface area contributed by atoms with Gasteiger partial charge in [-0.2, -0.15) is 0 Å². The van der Waals surface area contributed by atoms with Crippen molar-refractivity contribution in [1.82, 2.24) is 0 Å². The Morgan fingerprint density at radius 3 is 2.03 bits per heavy atom. The summed E-state index contributed by atoms with van der Waals surface area (Å²) in [5.41, 5.74) is 6.57. The summed E-state index contributed by atoms with van der Waals surface area (Å²) in [6, 6.07) is 4.40. The molecule has 0 saturated carbocycles. The van der Waals surface area contributed by atoms with E-state index in [-0.39, 0.29) is 18.0 Å². The van der Waals surface area contributed by atoms with Crippen LogP contribution in [0.3, 0.4) is 0 Å². The Bertz CT molecular complexity index is 871. The second kappa shape index (κ2) is 10.8. The highest BCUT2D eigenvalue weighted by atomic mass is 16.7. The first kappa shape index (κ1) is 24.9. The number of hydrogen-bond donors (Lipinski definition) is 2. The van der Waals surface area contributed by atoms with Gasteiger partial charge >= 0.3 is 23.9 Å². The van der Waals surface area contributed by atoms with Crippen LogP contribution in [0.25, 0.3) is 0 Å². The molecular weight excluding hydrogens is 430 g/mol. The zero-order valence-electron chi connectivity index (χ0n) is 17.9. The molecule has 5 unspecified atom stereocenters. The second-order valence-corrected chi connectivity index (χ2v) is 6.82. The first-order valence-corrected chi connectivity index (χ1v) is 9.48. The number of carbonyl (C=O) groups is 4. The molecule has 3 N–H and O–H groups in total. The average molecular weight is 455 g/mol. The van der Waals surface area contributed by atoms with Crippen LogP contribution in [0.4, 0.5) is 5.69 Å². The average Bonchev–Trinajstić information content (AvgIpc) is 2.71. The molecule has 2 rings (SSSR count). The number of hydrogen-bond acceptors (Lipinski definition) is 12. The van der Waals surface area contributed by atoms with Gasteiger partial charge < -0.3 is 39.3 Å². The molecule has 1 saturated heterocycles. The Balaban J connectivity index is 2.51. The smallest absolute Gasteiger partial charge is 0.339 e. The predicted octanol–water partition coefficient (Wildman–Crippen LogP) is -0.167. The van der Waals surface area contributed by atoms with Crippen LogP contribution < -0.4 is 10.5 Å². The SMILES string of the molecule is COC(=O)C1OC(Oc2ccc(CO)cc2N)C(OC(C)=O)C(OC(C)=O)C1OC(C)=O. The normalized spacial score (nSPS) is 24.7. The number of aliphatic hydroxyl groups is 1. The minimum Gasteiger partial charge on any atom is -0.467 e. The number of methoxy groups -OCH3 is 1. The number of nitrogens with two attached hydrogens (primary N) is 1. The van der Waals surface area contributed by atoms with Crippen molar-refractivity contribution in [3.63, 3.8) is 0 Å². The summed E-state index contributed by atoms with van der Waals surface area (Å²) in [7, 11) is 1.08. The van der Waals surface area contributed by atoms with Crippen molar-refractivity contribution >= 4 is 29.6 Å². The molecule has 32 heavy (non-hydrogen) atoms. The summed E-state index contributed by atoms with van der Waals surface area (Å²) in [4.78, 5) is 47.6. The van der Waals surface area contributed by atoms with E-state index in [9.17, 15) is 24.3 Å². The molecule has 1 fully saturated rings. The van der Waals surface area contributed by atoms with E-state index in [0.717, 1.165) is 27.9 Å². The van der Waals surface area contributed by atoms with E-state index in [1.807, 2.05) is 0 Å². The van der Waals surface area contributed by atoms with Crippen LogP contribution in [-0.2, 0) is 49.5 Å². The molecule has 12 nitrogen and oxygen atoms in total. The minimum absolute atomic E-state index is 0.0699. The largest absolute Gasteiger partial charge is 0.467 e. The minimum atomic E-state index is -1.58. The Morgan fingerprint density at radius 2 is 1.53 bits per heavy atom. The van der Waals surface area contributed by atoms with Crippen LogP contribution in [0.2, 0.25) is 0 Å². The molecule has 176 valence electrons. The van der Waals surface area contributed by atoms with Gasteiger partial charge in [-0.1, -0.05) is 6.07 Å². The van der Waals surface area contributed by atoms with Gasteiger partial charge in [-0.3, -0.25) is 14.4 Å². The molecule has 0 aliphatic carbocycles. The van der Waals surface area contributed by atoms with Crippen LogP contribution >= 0.6 is 0 Å². The molecule has 1 heterocycles. The van der Waals surface area contributed by atoms with Gasteiger partial charge in [-0.25, -0.2) is 4.79 Å². The highest BCUT2D eigenvalue weighted by Crippen LogP contribution is 2.33. The van der Waals surface area contributed by atoms with E-state index < -0.39 is 54.6 Å². The van der Waals surface area contributed by atoms with Gasteiger partial charge in [0.25, 0.3) is 0 Å². The van der Waals surface area contributed by atoms with Crippen LogP contribution in [0.5, 0.6) is 5.75 Å². The summed E-state index contributed by atoms with van der Waals surface area (Å²) >= 11 is 0. The summed E-state index contributed by atoms with van der Waals surface area (Å²) < 4.78 is 31.8. The molecule has 0 bridgehead atoms. The van der Waals surface area contributed by atoms with E-state index in [1.54, 1.807) is 0 Å². The van der Waals surface area contributed by atoms with Crippen LogP contribution in [-0.4, -0.2) is 66.8 Å². The van der Waals surface area contributed by atoms with Crippen LogP contribution in [0.15, 0.2) is 18.2 Å². The van der Waals surface area contributed by atoms with Crippen molar-refractivity contribution in [3.05, 3.63) is 23.8 Å². The molecule has 1 aliphatic heterocycles. The molecular formula is C20H25NO11. The predicted molar refractivity (Wildman–Crippen MR) is 105 cm³/mol. The number of anilines is 1. The zero-order chi connectivity index (χ0) is 24.0. The maximum Gasteiger partial charge on any atom is 0.339 e. The Labute approximate surface area is 183 Å². The third kappa shape index (κ3) is 6.08. The van der Waals surface area contributed by atoms with Crippen molar-refractivity contribution in [2.24, 2.45) is 0 Å². The third-order valence-electron chi connectivity index (χ3n) is 4.33. The van der Waals surface area contributed by atoms with Crippen molar-refractivity contribution in [2.45, 2.75) is 58.1 Å². The Kier molecular flexibility index (Phi) is 8.38. The van der Waals surface area contributed by atoms with E-state index >= 15 is 0 Å². The first-order chi connectivity index (χ1) is 15.1. The molecule has 0 spiro atoms. The fraction of sp³-hybridized carbons (Fsp3) is 0.500. The van der Waals surface area contributed by atoms with Crippen molar-refractivity contribution < 1.29 is 52.7 Å². The highest BCUT2D eigenvalue weighted by Gasteiger charge is 2.55. The van der Waals surface area contributed by atoms with Gasteiger partial charge in [0.05, 0.1) is 19.4 Å². The molecule has 1 aromatic carbocycles. The number of aliphatic hydroxyl groups excluding tert-OH is 1. The zero-order valence-corrected chi connectivity index (χ0v) is 17.9. The number of carbonyl (C=O) groups excluding carboxylic acids is 4. The molecule has 0 amide bonds. The highest BCUT2D eigenvalue weighted by molar-refractivity contribution is 5.77. The van der Waals surface area contributed by atoms with Gasteiger partial charge in [0.2, 0.25) is 12.4 Å². The lowest BCUT2D eigenvalue weighted by molar-refractivity contribution is -0.282. The molecule has 0 radical (unpaired) electrons. The number of benzene rings is 1. The maximum absolute atomic E-state index is 12.4. The summed E-state index contributed by atoms with van der Waals surface area (Å²) in [6.45, 7) is 2.99. The van der Waals surface area contributed by atoms with E-state index in [2.05, 4.69) is 0 Å². The number of nitrogen functional groups attached to an aromatic ring is 1. The lowest BCUT2D eigenvalue weighted by Gasteiger charge is -2.43. The van der Waals surface area contributed by atoms with Crippen LogP contribution in [0, 0.1) is 0 Å². The fourth-order valence-electron chi connectivity index (χ4n) is 3.10. The van der Waals surface area contributed by atoms with E-state index in [4.69, 9.17) is 34.2 Å². The summed E-state index contributed by atoms with van der Waals surface area (Å²) in [5, 5.41) is 9.24. The summed E-state index contributed by atoms with van der Waals surface area (Å²) in [5.74, 6) is -3.28. The van der Waals surface area contributed by atoms with Crippen molar-refractivity contribution in [3.8, 4) is 5.75 Å². The molecule has 1 aromatic rings. The van der Waals surface area contributed by atoms with Crippen LogP contribution in [0.1, 0.15) is 26.3 Å². The third-order valence-corrected chi connectivity index (χ3v) is 4.33. The Morgan fingerprint density at radius 1 is 0.969 bits per heavy atom. The number of ether oxygens (including phenoxy) is 6. The van der Waals surface area contributed by atoms with Crippen molar-refractivity contribution in [2.75, 3.05) is 12.8 Å². The van der Waals surface area contributed by atoms with Gasteiger partial charge in [-0.05, 0) is 17.7 Å². The lowest BCUT2D eigenvalue weighted by atomic mass is 9.97. The maximum atomic E-state index is 12.4. The van der Waals surface area contributed by atoms with E-state index in [0.29, 0.717) is 5.56 Å². The summed E-state index contributed by atoms with van der Waals surface area (Å²) in [6.07, 6.45) is -7.51. The molecule has 1 aliphatic rings. The fourth-order valence-corrected chi connectivity index (χ4v) is 3.10. The lowest BCUT2D eigenvalue weighted by Crippen LogP contribution is -2.64. The molecule has 12 heteroatoms. The topological polar surface area (TPSA) is 170 Å². The standard InChI is InChI=1S/C20H25NO11/c1-9(23)28-15-16(29-10(2)24)18(30-11(3)25)20(32-17(15)19(26)27-4)31-14-6-5-12(8-22)7-13(14)21/h5-7,15-18,20,22H,8,21H2,1-4H3. The molecule has 5 atom stereocenters. The van der Waals surface area contributed by atoms with E-state index in [1.165, 1.54) is 18.2 Å². The molecule has 0 aromatic heterocycles.